The smallest absolute Gasteiger partial charge is 0.255 e. The molecule has 0 aliphatic carbocycles. The van der Waals surface area contributed by atoms with Crippen LogP contribution >= 0.6 is 11.6 Å². The fourth-order valence-electron chi connectivity index (χ4n) is 2.65. The van der Waals surface area contributed by atoms with Crippen LogP contribution in [0.3, 0.4) is 0 Å². The normalized spacial score (nSPS) is 24.1. The molecule has 2 N–H and O–H groups in total. The van der Waals surface area contributed by atoms with Crippen LogP contribution in [-0.2, 0) is 0 Å². The van der Waals surface area contributed by atoms with Gasteiger partial charge in [-0.1, -0.05) is 30.7 Å². The van der Waals surface area contributed by atoms with Gasteiger partial charge in [0, 0.05) is 19.1 Å². The molecule has 1 aromatic carbocycles. The summed E-state index contributed by atoms with van der Waals surface area (Å²) in [6.45, 7) is 3.44. The second-order valence-corrected chi connectivity index (χ2v) is 5.31. The minimum Gasteiger partial charge on any atom is -0.334 e. The van der Waals surface area contributed by atoms with E-state index in [1.54, 1.807) is 12.1 Å². The van der Waals surface area contributed by atoms with Crippen molar-refractivity contribution in [2.75, 3.05) is 13.1 Å². The lowest BCUT2D eigenvalue weighted by Crippen LogP contribution is -2.51. The van der Waals surface area contributed by atoms with Gasteiger partial charge in [0.1, 0.15) is 0 Å². The molecule has 1 aliphatic heterocycles. The number of carbonyl (C=O) groups excluding carboxylic acids is 1. The first-order valence-electron chi connectivity index (χ1n) is 6.40. The Labute approximate surface area is 113 Å². The van der Waals surface area contributed by atoms with E-state index >= 15 is 0 Å². The molecular formula is C14H19ClN2O. The summed E-state index contributed by atoms with van der Waals surface area (Å²) in [4.78, 5) is 14.4. The van der Waals surface area contributed by atoms with Crippen LogP contribution in [-0.4, -0.2) is 29.9 Å². The molecule has 0 radical (unpaired) electrons. The van der Waals surface area contributed by atoms with Crippen LogP contribution in [0.1, 0.15) is 30.1 Å². The Balaban J connectivity index is 2.25. The summed E-state index contributed by atoms with van der Waals surface area (Å²) < 4.78 is 0. The number of rotatable bonds is 2. The molecule has 2 rings (SSSR count). The zero-order valence-electron chi connectivity index (χ0n) is 10.6. The minimum atomic E-state index is 0.00241. The van der Waals surface area contributed by atoms with E-state index in [0.29, 0.717) is 23.0 Å². The maximum atomic E-state index is 12.5. The van der Waals surface area contributed by atoms with Crippen LogP contribution in [0.15, 0.2) is 24.3 Å². The van der Waals surface area contributed by atoms with Gasteiger partial charge in [-0.2, -0.15) is 0 Å². The van der Waals surface area contributed by atoms with Crippen molar-refractivity contribution in [3.8, 4) is 0 Å². The standard InChI is InChI=1S/C14H19ClN2O/c1-10-5-4-8-17(13(10)9-16)14(18)11-6-2-3-7-12(11)15/h2-3,6-7,10,13H,4-5,8-9,16H2,1H3/t10-,13+/m1/s1. The highest BCUT2D eigenvalue weighted by Gasteiger charge is 2.31. The number of hydrogen-bond acceptors (Lipinski definition) is 2. The van der Waals surface area contributed by atoms with Gasteiger partial charge in [0.05, 0.1) is 10.6 Å². The molecule has 0 aromatic heterocycles. The Morgan fingerprint density at radius 2 is 2.22 bits per heavy atom. The fourth-order valence-corrected chi connectivity index (χ4v) is 2.87. The average Bonchev–Trinajstić information content (AvgIpc) is 2.38. The molecule has 0 bridgehead atoms. The highest BCUT2D eigenvalue weighted by atomic mass is 35.5. The first-order chi connectivity index (χ1) is 8.65. The molecule has 1 heterocycles. The molecule has 1 fully saturated rings. The second-order valence-electron chi connectivity index (χ2n) is 4.90. The molecule has 1 aromatic rings. The minimum absolute atomic E-state index is 0.00241. The van der Waals surface area contributed by atoms with Crippen molar-refractivity contribution < 1.29 is 4.79 Å². The van der Waals surface area contributed by atoms with Gasteiger partial charge in [0.15, 0.2) is 0 Å². The van der Waals surface area contributed by atoms with Crippen molar-refractivity contribution in [3.63, 3.8) is 0 Å². The molecule has 98 valence electrons. The molecule has 3 nitrogen and oxygen atoms in total. The molecule has 1 saturated heterocycles. The summed E-state index contributed by atoms with van der Waals surface area (Å²) in [6, 6.07) is 7.32. The first kappa shape index (κ1) is 13.4. The van der Waals surface area contributed by atoms with E-state index in [1.807, 2.05) is 17.0 Å². The van der Waals surface area contributed by atoms with E-state index in [9.17, 15) is 4.79 Å². The Morgan fingerprint density at radius 3 is 2.89 bits per heavy atom. The molecular weight excluding hydrogens is 248 g/mol. The van der Waals surface area contributed by atoms with Gasteiger partial charge in [-0.25, -0.2) is 0 Å². The maximum Gasteiger partial charge on any atom is 0.255 e. The lowest BCUT2D eigenvalue weighted by molar-refractivity contribution is 0.0533. The lowest BCUT2D eigenvalue weighted by Gasteiger charge is -2.39. The van der Waals surface area contributed by atoms with Crippen LogP contribution in [0.25, 0.3) is 0 Å². The van der Waals surface area contributed by atoms with Crippen molar-refractivity contribution >= 4 is 17.5 Å². The number of piperidine rings is 1. The number of benzene rings is 1. The zero-order chi connectivity index (χ0) is 13.1. The van der Waals surface area contributed by atoms with E-state index in [2.05, 4.69) is 6.92 Å². The van der Waals surface area contributed by atoms with Gasteiger partial charge in [-0.05, 0) is 30.9 Å². The van der Waals surface area contributed by atoms with Crippen LogP contribution in [0.4, 0.5) is 0 Å². The quantitative estimate of drug-likeness (QED) is 0.894. The average molecular weight is 267 g/mol. The summed E-state index contributed by atoms with van der Waals surface area (Å²) in [7, 11) is 0. The Kier molecular flexibility index (Phi) is 4.25. The van der Waals surface area contributed by atoms with Crippen molar-refractivity contribution in [1.82, 2.24) is 4.90 Å². The van der Waals surface area contributed by atoms with Crippen LogP contribution < -0.4 is 5.73 Å². The monoisotopic (exact) mass is 266 g/mol. The van der Waals surface area contributed by atoms with Crippen molar-refractivity contribution in [3.05, 3.63) is 34.9 Å². The van der Waals surface area contributed by atoms with E-state index in [-0.39, 0.29) is 11.9 Å². The van der Waals surface area contributed by atoms with Crippen LogP contribution in [0.5, 0.6) is 0 Å². The fraction of sp³-hybridized carbons (Fsp3) is 0.500. The molecule has 0 unspecified atom stereocenters. The number of hydrogen-bond donors (Lipinski definition) is 1. The largest absolute Gasteiger partial charge is 0.334 e. The first-order valence-corrected chi connectivity index (χ1v) is 6.78. The van der Waals surface area contributed by atoms with Gasteiger partial charge in [-0.3, -0.25) is 4.79 Å². The van der Waals surface area contributed by atoms with Crippen molar-refractivity contribution in [1.29, 1.82) is 0 Å². The topological polar surface area (TPSA) is 46.3 Å². The molecule has 4 heteroatoms. The summed E-state index contributed by atoms with van der Waals surface area (Å²) in [6.07, 6.45) is 2.17. The molecule has 0 saturated carbocycles. The van der Waals surface area contributed by atoms with Crippen LogP contribution in [0.2, 0.25) is 5.02 Å². The van der Waals surface area contributed by atoms with Gasteiger partial charge < -0.3 is 10.6 Å². The number of carbonyl (C=O) groups is 1. The SMILES string of the molecule is C[C@@H]1CCCN(C(=O)c2ccccc2Cl)[C@H]1CN. The number of nitrogens with two attached hydrogens (primary N) is 1. The highest BCUT2D eigenvalue weighted by molar-refractivity contribution is 6.33. The van der Waals surface area contributed by atoms with Crippen molar-refractivity contribution in [2.24, 2.45) is 11.7 Å². The molecule has 2 atom stereocenters. The number of amides is 1. The van der Waals surface area contributed by atoms with Crippen molar-refractivity contribution in [2.45, 2.75) is 25.8 Å². The second kappa shape index (κ2) is 5.72. The molecule has 0 spiro atoms. The number of halogens is 1. The summed E-state index contributed by atoms with van der Waals surface area (Å²) in [5.41, 5.74) is 6.39. The van der Waals surface area contributed by atoms with E-state index in [4.69, 9.17) is 17.3 Å². The predicted octanol–water partition coefficient (Wildman–Crippen LogP) is 2.54. The molecule has 18 heavy (non-hydrogen) atoms. The zero-order valence-corrected chi connectivity index (χ0v) is 11.4. The van der Waals surface area contributed by atoms with E-state index in [1.165, 1.54) is 0 Å². The Bertz CT molecular complexity index is 436. The lowest BCUT2D eigenvalue weighted by atomic mass is 9.90. The highest BCUT2D eigenvalue weighted by Crippen LogP contribution is 2.26. The van der Waals surface area contributed by atoms with Gasteiger partial charge in [-0.15, -0.1) is 0 Å². The summed E-state index contributed by atoms with van der Waals surface area (Å²) >= 11 is 6.09. The predicted molar refractivity (Wildman–Crippen MR) is 73.7 cm³/mol. The van der Waals surface area contributed by atoms with E-state index < -0.39 is 0 Å². The summed E-state index contributed by atoms with van der Waals surface area (Å²) in [5, 5.41) is 0.511. The third-order valence-corrected chi connectivity index (χ3v) is 4.05. The van der Waals surface area contributed by atoms with Crippen LogP contribution in [0, 0.1) is 5.92 Å². The molecule has 1 aliphatic rings. The van der Waals surface area contributed by atoms with E-state index in [0.717, 1.165) is 19.4 Å². The van der Waals surface area contributed by atoms with Gasteiger partial charge in [0.25, 0.3) is 5.91 Å². The third kappa shape index (κ3) is 2.52. The Morgan fingerprint density at radius 1 is 1.50 bits per heavy atom. The number of nitrogens with zero attached hydrogens (tertiary/aromatic N) is 1. The van der Waals surface area contributed by atoms with Gasteiger partial charge >= 0.3 is 0 Å². The third-order valence-electron chi connectivity index (χ3n) is 3.72. The molecule has 1 amide bonds. The Hall–Kier alpha value is -1.06. The van der Waals surface area contributed by atoms with Gasteiger partial charge in [0.2, 0.25) is 0 Å². The number of likely N-dealkylation sites (tertiary alicyclic amines) is 1. The maximum absolute atomic E-state index is 12.5. The summed E-state index contributed by atoms with van der Waals surface area (Å²) in [5.74, 6) is 0.456.